The van der Waals surface area contributed by atoms with E-state index < -0.39 is 47.3 Å². The van der Waals surface area contributed by atoms with Gasteiger partial charge in [0.05, 0.1) is 6.10 Å². The number of alkyl halides is 3. The molecule has 200 valence electrons. The molecule has 3 saturated carbocycles. The summed E-state index contributed by atoms with van der Waals surface area (Å²) in [6.07, 6.45) is 1.24. The van der Waals surface area contributed by atoms with Crippen LogP contribution in [0.25, 0.3) is 0 Å². The number of nitrogens with zero attached hydrogens (tertiary/aromatic N) is 2. The van der Waals surface area contributed by atoms with E-state index in [0.717, 1.165) is 63.5 Å². The smallest absolute Gasteiger partial charge is 0.396 e. The van der Waals surface area contributed by atoms with Crippen LogP contribution in [0.5, 0.6) is 5.75 Å². The Hall–Kier alpha value is -2.85. The van der Waals surface area contributed by atoms with Crippen LogP contribution < -0.4 is 15.0 Å². The fraction of sp³-hybridized carbons (Fsp3) is 0.615. The van der Waals surface area contributed by atoms with Crippen LogP contribution in [0, 0.1) is 29.4 Å². The Labute approximate surface area is 210 Å². The zero-order valence-corrected chi connectivity index (χ0v) is 20.1. The fourth-order valence-electron chi connectivity index (χ4n) is 6.44. The van der Waals surface area contributed by atoms with Crippen LogP contribution in [-0.2, 0) is 6.42 Å². The van der Waals surface area contributed by atoms with Crippen LogP contribution in [-0.4, -0.2) is 35.8 Å². The SMILES string of the molecule is O=C(Nc1cc(F)c(OC2CC3CC3C2)c(F)c1)c1nc(N2CCC3CCCCC32)oc1CC(F)(F)F. The van der Waals surface area contributed by atoms with Crippen LogP contribution in [0.3, 0.4) is 0 Å². The van der Waals surface area contributed by atoms with Gasteiger partial charge in [-0.25, -0.2) is 8.78 Å². The lowest BCUT2D eigenvalue weighted by Gasteiger charge is -2.30. The number of ether oxygens (including phenoxy) is 1. The van der Waals surface area contributed by atoms with Gasteiger partial charge >= 0.3 is 6.18 Å². The number of oxazole rings is 1. The van der Waals surface area contributed by atoms with Gasteiger partial charge in [0.2, 0.25) is 0 Å². The van der Waals surface area contributed by atoms with Crippen molar-refractivity contribution in [2.45, 2.75) is 76.1 Å². The lowest BCUT2D eigenvalue weighted by molar-refractivity contribution is -0.130. The predicted molar refractivity (Wildman–Crippen MR) is 124 cm³/mol. The van der Waals surface area contributed by atoms with Crippen molar-refractivity contribution in [1.29, 1.82) is 0 Å². The molecule has 3 aliphatic carbocycles. The largest absolute Gasteiger partial charge is 0.484 e. The number of hydrogen-bond donors (Lipinski definition) is 1. The Bertz CT molecular complexity index is 1170. The number of carbonyl (C=O) groups is 1. The fourth-order valence-corrected chi connectivity index (χ4v) is 6.44. The molecule has 11 heteroatoms. The quantitative estimate of drug-likeness (QED) is 0.451. The molecule has 1 amide bonds. The van der Waals surface area contributed by atoms with E-state index in [1.54, 1.807) is 0 Å². The molecule has 4 atom stereocenters. The van der Waals surface area contributed by atoms with Crippen LogP contribution in [0.1, 0.15) is 67.6 Å². The standard InChI is InChI=1S/C26H28F5N3O3/c27-18-10-16(11-19(28)23(18)36-17-8-14-7-15(14)9-17)32-24(35)22-21(12-26(29,30)31)37-25(33-22)34-6-5-13-3-1-2-4-20(13)34/h10-11,13-15,17,20H,1-9,12H2,(H,32,35). The second kappa shape index (κ2) is 9.16. The molecule has 4 fully saturated rings. The average Bonchev–Trinajstić information content (AvgIpc) is 3.17. The summed E-state index contributed by atoms with van der Waals surface area (Å²) in [5.74, 6) is -2.60. The maximum absolute atomic E-state index is 14.7. The zero-order chi connectivity index (χ0) is 25.9. The van der Waals surface area contributed by atoms with Crippen molar-refractivity contribution in [3.05, 3.63) is 35.2 Å². The molecular formula is C26H28F5N3O3. The van der Waals surface area contributed by atoms with E-state index in [-0.39, 0.29) is 23.8 Å². The predicted octanol–water partition coefficient (Wildman–Crippen LogP) is 6.26. The molecule has 1 N–H and O–H groups in total. The van der Waals surface area contributed by atoms with Crippen LogP contribution in [0.15, 0.2) is 16.5 Å². The van der Waals surface area contributed by atoms with Gasteiger partial charge in [0.15, 0.2) is 23.1 Å². The molecule has 2 aromatic rings. The molecule has 4 aliphatic rings. The number of aromatic nitrogens is 1. The van der Waals surface area contributed by atoms with Crippen LogP contribution in [0.2, 0.25) is 0 Å². The first-order chi connectivity index (χ1) is 17.6. The molecule has 1 saturated heterocycles. The van der Waals surface area contributed by atoms with Crippen LogP contribution in [0.4, 0.5) is 33.7 Å². The number of benzene rings is 1. The first-order valence-corrected chi connectivity index (χ1v) is 12.9. The highest BCUT2D eigenvalue weighted by molar-refractivity contribution is 6.03. The molecule has 4 unspecified atom stereocenters. The molecule has 0 spiro atoms. The monoisotopic (exact) mass is 525 g/mol. The number of halogens is 5. The van der Waals surface area contributed by atoms with E-state index in [0.29, 0.717) is 24.3 Å². The van der Waals surface area contributed by atoms with Gasteiger partial charge in [-0.05, 0) is 56.3 Å². The minimum Gasteiger partial charge on any atom is -0.484 e. The summed E-state index contributed by atoms with van der Waals surface area (Å²) in [5, 5.41) is 2.28. The molecule has 1 aromatic heterocycles. The Kier molecular flexibility index (Phi) is 6.06. The molecule has 37 heavy (non-hydrogen) atoms. The highest BCUT2D eigenvalue weighted by atomic mass is 19.4. The van der Waals surface area contributed by atoms with Gasteiger partial charge in [0.1, 0.15) is 12.2 Å². The zero-order valence-electron chi connectivity index (χ0n) is 20.1. The van der Waals surface area contributed by atoms with E-state index in [2.05, 4.69) is 10.3 Å². The van der Waals surface area contributed by atoms with Crippen molar-refractivity contribution >= 4 is 17.6 Å². The van der Waals surface area contributed by atoms with Gasteiger partial charge in [-0.15, -0.1) is 0 Å². The summed E-state index contributed by atoms with van der Waals surface area (Å²) in [7, 11) is 0. The Balaban J connectivity index is 1.21. The molecular weight excluding hydrogens is 497 g/mol. The summed E-state index contributed by atoms with van der Waals surface area (Å²) in [6.45, 7) is 0.586. The Morgan fingerprint density at radius 3 is 2.46 bits per heavy atom. The first-order valence-electron chi connectivity index (χ1n) is 12.9. The van der Waals surface area contributed by atoms with Crippen molar-refractivity contribution in [3.8, 4) is 5.75 Å². The maximum Gasteiger partial charge on any atom is 0.396 e. The van der Waals surface area contributed by atoms with E-state index in [1.165, 1.54) is 0 Å². The normalized spacial score (nSPS) is 28.7. The van der Waals surface area contributed by atoms with Gasteiger partial charge in [0.25, 0.3) is 11.9 Å². The number of carbonyl (C=O) groups excluding carboxylic acids is 1. The van der Waals surface area contributed by atoms with Crippen molar-refractivity contribution in [1.82, 2.24) is 4.98 Å². The number of nitrogens with one attached hydrogen (secondary N) is 1. The number of hydrogen-bond acceptors (Lipinski definition) is 5. The highest BCUT2D eigenvalue weighted by Gasteiger charge is 2.47. The Morgan fingerprint density at radius 2 is 1.76 bits per heavy atom. The lowest BCUT2D eigenvalue weighted by atomic mass is 9.85. The molecule has 6 rings (SSSR count). The molecule has 2 heterocycles. The number of rotatable bonds is 6. The van der Waals surface area contributed by atoms with E-state index in [1.807, 2.05) is 4.90 Å². The van der Waals surface area contributed by atoms with Crippen LogP contribution >= 0.6 is 0 Å². The van der Waals surface area contributed by atoms with E-state index in [9.17, 15) is 26.7 Å². The Morgan fingerprint density at radius 1 is 1.05 bits per heavy atom. The van der Waals surface area contributed by atoms with Crippen molar-refractivity contribution in [2.24, 2.45) is 17.8 Å². The minimum atomic E-state index is -4.64. The molecule has 0 bridgehead atoms. The first kappa shape index (κ1) is 24.5. The van der Waals surface area contributed by atoms with Crippen molar-refractivity contribution in [3.63, 3.8) is 0 Å². The second-order valence-electron chi connectivity index (χ2n) is 10.8. The topological polar surface area (TPSA) is 67.6 Å². The second-order valence-corrected chi connectivity index (χ2v) is 10.8. The lowest BCUT2D eigenvalue weighted by Crippen LogP contribution is -2.35. The van der Waals surface area contributed by atoms with Crippen molar-refractivity contribution in [2.75, 3.05) is 16.8 Å². The summed E-state index contributed by atoms with van der Waals surface area (Å²) in [4.78, 5) is 18.9. The number of anilines is 2. The summed E-state index contributed by atoms with van der Waals surface area (Å²) in [5.41, 5.74) is -0.796. The van der Waals surface area contributed by atoms with Gasteiger partial charge in [-0.3, -0.25) is 4.79 Å². The third-order valence-electron chi connectivity index (χ3n) is 8.26. The third-order valence-corrected chi connectivity index (χ3v) is 8.26. The molecule has 0 radical (unpaired) electrons. The van der Waals surface area contributed by atoms with E-state index in [4.69, 9.17) is 9.15 Å². The molecule has 1 aromatic carbocycles. The number of fused-ring (bicyclic) bond motifs is 2. The minimum absolute atomic E-state index is 0.0190. The summed E-state index contributed by atoms with van der Waals surface area (Å²) >= 11 is 0. The summed E-state index contributed by atoms with van der Waals surface area (Å²) in [6, 6.07) is 1.88. The molecule has 6 nitrogen and oxygen atoms in total. The average molecular weight is 526 g/mol. The maximum atomic E-state index is 14.7. The third kappa shape index (κ3) is 5.01. The van der Waals surface area contributed by atoms with Crippen molar-refractivity contribution < 1.29 is 35.9 Å². The van der Waals surface area contributed by atoms with Gasteiger partial charge in [0, 0.05) is 30.4 Å². The number of amides is 1. The van der Waals surface area contributed by atoms with Gasteiger partial charge in [-0.2, -0.15) is 18.2 Å². The highest BCUT2D eigenvalue weighted by Crippen LogP contribution is 2.52. The van der Waals surface area contributed by atoms with Gasteiger partial charge < -0.3 is 19.4 Å². The van der Waals surface area contributed by atoms with Gasteiger partial charge in [-0.1, -0.05) is 12.8 Å². The molecule has 1 aliphatic heterocycles. The van der Waals surface area contributed by atoms with E-state index >= 15 is 0 Å². The summed E-state index contributed by atoms with van der Waals surface area (Å²) < 4.78 is 80.2.